The predicted octanol–water partition coefficient (Wildman–Crippen LogP) is 2.80. The molecule has 0 unspecified atom stereocenters. The molecule has 4 rings (SSSR count). The van der Waals surface area contributed by atoms with Gasteiger partial charge in [0, 0.05) is 36.1 Å². The summed E-state index contributed by atoms with van der Waals surface area (Å²) in [5.74, 6) is -0.131. The van der Waals surface area contributed by atoms with Gasteiger partial charge in [-0.05, 0) is 51.8 Å². The Labute approximate surface area is 169 Å². The van der Waals surface area contributed by atoms with Crippen LogP contribution in [0.5, 0.6) is 0 Å². The molecule has 0 fully saturated rings. The molecule has 7 heteroatoms. The zero-order valence-electron chi connectivity index (χ0n) is 17.4. The van der Waals surface area contributed by atoms with E-state index in [9.17, 15) is 9.59 Å². The summed E-state index contributed by atoms with van der Waals surface area (Å²) in [4.78, 5) is 27.7. The predicted molar refractivity (Wildman–Crippen MR) is 112 cm³/mol. The SMILES string of the molecule is Cc1nn(C)c(C)c1-c1ccc(=O)n([C@H](C)C(=O)N2c3ccccc3C[C@@H]2C)n1. The van der Waals surface area contributed by atoms with Gasteiger partial charge in [-0.15, -0.1) is 0 Å². The van der Waals surface area contributed by atoms with Crippen LogP contribution >= 0.6 is 0 Å². The van der Waals surface area contributed by atoms with E-state index >= 15 is 0 Å². The maximum absolute atomic E-state index is 13.4. The second kappa shape index (κ2) is 6.99. The van der Waals surface area contributed by atoms with E-state index in [2.05, 4.69) is 10.2 Å². The summed E-state index contributed by atoms with van der Waals surface area (Å²) in [6.07, 6.45) is 0.811. The van der Waals surface area contributed by atoms with E-state index < -0.39 is 6.04 Å². The van der Waals surface area contributed by atoms with Gasteiger partial charge in [0.2, 0.25) is 0 Å². The molecule has 0 saturated heterocycles. The fourth-order valence-corrected chi connectivity index (χ4v) is 4.19. The first-order valence-electron chi connectivity index (χ1n) is 9.81. The Hall–Kier alpha value is -3.22. The zero-order valence-corrected chi connectivity index (χ0v) is 17.4. The normalized spacial score (nSPS) is 16.7. The summed E-state index contributed by atoms with van der Waals surface area (Å²) in [6, 6.07) is 10.4. The first-order valence-corrected chi connectivity index (χ1v) is 9.81. The Morgan fingerprint density at radius 2 is 1.86 bits per heavy atom. The number of rotatable bonds is 3. The number of fused-ring (bicyclic) bond motifs is 1. The van der Waals surface area contributed by atoms with Crippen LogP contribution in [0.3, 0.4) is 0 Å². The Balaban J connectivity index is 1.73. The van der Waals surface area contributed by atoms with Crippen molar-refractivity contribution >= 4 is 11.6 Å². The molecular formula is C22H25N5O2. The summed E-state index contributed by atoms with van der Waals surface area (Å²) >= 11 is 0. The van der Waals surface area contributed by atoms with Crippen molar-refractivity contribution in [2.24, 2.45) is 7.05 Å². The Morgan fingerprint density at radius 1 is 1.14 bits per heavy atom. The molecule has 2 atom stereocenters. The van der Waals surface area contributed by atoms with Crippen molar-refractivity contribution in [3.8, 4) is 11.3 Å². The average molecular weight is 391 g/mol. The number of benzene rings is 1. The van der Waals surface area contributed by atoms with Crippen LogP contribution in [0.2, 0.25) is 0 Å². The van der Waals surface area contributed by atoms with Crippen LogP contribution in [0.25, 0.3) is 11.3 Å². The van der Waals surface area contributed by atoms with Gasteiger partial charge in [0.25, 0.3) is 11.5 Å². The van der Waals surface area contributed by atoms with Crippen LogP contribution in [0.15, 0.2) is 41.2 Å². The molecule has 29 heavy (non-hydrogen) atoms. The van der Waals surface area contributed by atoms with Crippen LogP contribution in [-0.2, 0) is 18.3 Å². The highest BCUT2D eigenvalue weighted by molar-refractivity contribution is 5.98. The van der Waals surface area contributed by atoms with Crippen molar-refractivity contribution in [3.05, 3.63) is 63.7 Å². The molecule has 150 valence electrons. The number of carbonyl (C=O) groups excluding carboxylic acids is 1. The van der Waals surface area contributed by atoms with Crippen molar-refractivity contribution in [2.75, 3.05) is 4.90 Å². The number of hydrogen-bond acceptors (Lipinski definition) is 4. The molecule has 0 bridgehead atoms. The Bertz CT molecular complexity index is 1160. The second-order valence-corrected chi connectivity index (χ2v) is 7.74. The van der Waals surface area contributed by atoms with Crippen LogP contribution in [0.1, 0.15) is 36.8 Å². The highest BCUT2D eigenvalue weighted by Gasteiger charge is 2.34. The van der Waals surface area contributed by atoms with Gasteiger partial charge in [-0.25, -0.2) is 4.68 Å². The first kappa shape index (κ1) is 19.1. The lowest BCUT2D eigenvalue weighted by Crippen LogP contribution is -2.42. The maximum Gasteiger partial charge on any atom is 0.267 e. The average Bonchev–Trinajstić information content (AvgIpc) is 3.16. The summed E-state index contributed by atoms with van der Waals surface area (Å²) in [5, 5.41) is 8.99. The highest BCUT2D eigenvalue weighted by atomic mass is 16.2. The van der Waals surface area contributed by atoms with Gasteiger partial charge < -0.3 is 4.90 Å². The van der Waals surface area contributed by atoms with E-state index in [1.165, 1.54) is 10.7 Å². The molecule has 1 amide bonds. The van der Waals surface area contributed by atoms with E-state index in [1.54, 1.807) is 22.6 Å². The van der Waals surface area contributed by atoms with E-state index in [0.717, 1.165) is 34.6 Å². The molecule has 0 spiro atoms. The molecular weight excluding hydrogens is 366 g/mol. The third-order valence-electron chi connectivity index (χ3n) is 5.76. The number of aryl methyl sites for hydroxylation is 2. The first-order chi connectivity index (χ1) is 13.8. The number of hydrogen-bond donors (Lipinski definition) is 0. The van der Waals surface area contributed by atoms with Crippen LogP contribution in [0, 0.1) is 13.8 Å². The van der Waals surface area contributed by atoms with Gasteiger partial charge in [0.1, 0.15) is 6.04 Å². The number of nitrogens with zero attached hydrogens (tertiary/aromatic N) is 5. The Morgan fingerprint density at radius 3 is 2.55 bits per heavy atom. The van der Waals surface area contributed by atoms with Crippen molar-refractivity contribution in [1.82, 2.24) is 19.6 Å². The molecule has 1 aromatic carbocycles. The third kappa shape index (κ3) is 3.06. The maximum atomic E-state index is 13.4. The molecule has 0 aliphatic carbocycles. The molecule has 0 N–H and O–H groups in total. The van der Waals surface area contributed by atoms with Gasteiger partial charge in [-0.2, -0.15) is 10.2 Å². The van der Waals surface area contributed by atoms with Crippen molar-refractivity contribution in [3.63, 3.8) is 0 Å². The molecule has 1 aliphatic rings. The summed E-state index contributed by atoms with van der Waals surface area (Å²) < 4.78 is 3.08. The molecule has 2 aromatic heterocycles. The van der Waals surface area contributed by atoms with Gasteiger partial charge in [0.15, 0.2) is 0 Å². The molecule has 3 aromatic rings. The molecule has 7 nitrogen and oxygen atoms in total. The number of carbonyl (C=O) groups is 1. The summed E-state index contributed by atoms with van der Waals surface area (Å²) in [7, 11) is 1.88. The van der Waals surface area contributed by atoms with E-state index in [0.29, 0.717) is 5.69 Å². The third-order valence-corrected chi connectivity index (χ3v) is 5.76. The number of para-hydroxylation sites is 1. The lowest BCUT2D eigenvalue weighted by molar-refractivity contribution is -0.121. The topological polar surface area (TPSA) is 73.0 Å². The monoisotopic (exact) mass is 391 g/mol. The lowest BCUT2D eigenvalue weighted by atomic mass is 10.1. The molecule has 0 radical (unpaired) electrons. The fourth-order valence-electron chi connectivity index (χ4n) is 4.19. The van der Waals surface area contributed by atoms with Crippen LogP contribution < -0.4 is 10.5 Å². The van der Waals surface area contributed by atoms with Gasteiger partial charge in [0.05, 0.1) is 11.4 Å². The van der Waals surface area contributed by atoms with Gasteiger partial charge in [-0.3, -0.25) is 14.3 Å². The van der Waals surface area contributed by atoms with Crippen molar-refractivity contribution < 1.29 is 4.79 Å². The minimum absolute atomic E-state index is 0.0454. The van der Waals surface area contributed by atoms with Crippen LogP contribution in [-0.4, -0.2) is 31.5 Å². The van der Waals surface area contributed by atoms with Crippen molar-refractivity contribution in [1.29, 1.82) is 0 Å². The largest absolute Gasteiger partial charge is 0.307 e. The molecule has 0 saturated carbocycles. The minimum atomic E-state index is -0.715. The quantitative estimate of drug-likeness (QED) is 0.688. The van der Waals surface area contributed by atoms with E-state index in [4.69, 9.17) is 0 Å². The van der Waals surface area contributed by atoms with Crippen molar-refractivity contribution in [2.45, 2.75) is 46.2 Å². The summed E-state index contributed by atoms with van der Waals surface area (Å²) in [5.41, 5.74) is 5.10. The van der Waals surface area contributed by atoms with E-state index in [1.807, 2.05) is 52.1 Å². The lowest BCUT2D eigenvalue weighted by Gasteiger charge is -2.26. The number of amides is 1. The number of aromatic nitrogens is 4. The minimum Gasteiger partial charge on any atom is -0.307 e. The van der Waals surface area contributed by atoms with Gasteiger partial charge >= 0.3 is 0 Å². The van der Waals surface area contributed by atoms with Gasteiger partial charge in [-0.1, -0.05) is 18.2 Å². The second-order valence-electron chi connectivity index (χ2n) is 7.74. The van der Waals surface area contributed by atoms with Crippen LogP contribution in [0.4, 0.5) is 5.69 Å². The highest BCUT2D eigenvalue weighted by Crippen LogP contribution is 2.33. The van der Waals surface area contributed by atoms with E-state index in [-0.39, 0.29) is 17.5 Å². The standard InChI is InChI=1S/C22H25N5O2/c1-13-12-17-8-6-7-9-19(17)26(13)22(29)16(4)27-20(28)11-10-18(24-27)21-14(2)23-25(5)15(21)3/h6-11,13,16H,12H2,1-5H3/t13-,16+/m0/s1. The molecule has 3 heterocycles. The summed E-state index contributed by atoms with van der Waals surface area (Å²) in [6.45, 7) is 7.64. The smallest absolute Gasteiger partial charge is 0.267 e. The zero-order chi connectivity index (χ0) is 20.9. The number of anilines is 1. The fraction of sp³-hybridized carbons (Fsp3) is 0.364. The Kier molecular flexibility index (Phi) is 4.61. The molecule has 1 aliphatic heterocycles.